The molecule has 2 rings (SSSR count). The van der Waals surface area contributed by atoms with E-state index in [0.29, 0.717) is 23.1 Å². The fourth-order valence-corrected chi connectivity index (χ4v) is 2.25. The average Bonchev–Trinajstić information content (AvgIpc) is 2.78. The highest BCUT2D eigenvalue weighted by molar-refractivity contribution is 6.35. The van der Waals surface area contributed by atoms with Crippen LogP contribution in [0.25, 0.3) is 0 Å². The summed E-state index contributed by atoms with van der Waals surface area (Å²) in [4.78, 5) is 4.28. The molecule has 0 aliphatic heterocycles. The van der Waals surface area contributed by atoms with E-state index in [1.165, 1.54) is 0 Å². The molecule has 0 spiro atoms. The molecule has 1 aromatic carbocycles. The zero-order valence-corrected chi connectivity index (χ0v) is 13.3. The van der Waals surface area contributed by atoms with Crippen LogP contribution in [-0.4, -0.2) is 20.3 Å². The molecule has 0 aliphatic carbocycles. The van der Waals surface area contributed by atoms with Crippen LogP contribution in [0.3, 0.4) is 0 Å². The largest absolute Gasteiger partial charge is 0.305 e. The second kappa shape index (κ2) is 6.12. The van der Waals surface area contributed by atoms with Crippen LogP contribution in [0.4, 0.5) is 0 Å². The third kappa shape index (κ3) is 3.95. The Bertz CT molecular complexity index is 567. The summed E-state index contributed by atoms with van der Waals surface area (Å²) in [5, 5.41) is 8.92. The van der Waals surface area contributed by atoms with Crippen LogP contribution in [0.2, 0.25) is 10.0 Å². The van der Waals surface area contributed by atoms with E-state index in [9.17, 15) is 0 Å². The number of rotatable bonds is 4. The Morgan fingerprint density at radius 2 is 1.85 bits per heavy atom. The zero-order valence-electron chi connectivity index (χ0n) is 11.8. The van der Waals surface area contributed by atoms with Crippen molar-refractivity contribution in [1.29, 1.82) is 0 Å². The highest BCUT2D eigenvalue weighted by atomic mass is 35.5. The predicted molar refractivity (Wildman–Crippen MR) is 82.2 cm³/mol. The van der Waals surface area contributed by atoms with Gasteiger partial charge in [-0.05, 0) is 32.9 Å². The molecule has 6 heteroatoms. The van der Waals surface area contributed by atoms with Crippen molar-refractivity contribution in [2.45, 2.75) is 39.4 Å². The molecule has 0 unspecified atom stereocenters. The molecule has 1 N–H and O–H groups in total. The molecule has 108 valence electrons. The highest BCUT2D eigenvalue weighted by Crippen LogP contribution is 2.25. The van der Waals surface area contributed by atoms with Crippen molar-refractivity contribution < 1.29 is 0 Å². The molecule has 1 aromatic heterocycles. The molecular formula is C14H18Cl2N4. The van der Waals surface area contributed by atoms with E-state index in [0.717, 1.165) is 11.4 Å². The number of hydrogen-bond acceptors (Lipinski definition) is 3. The lowest BCUT2D eigenvalue weighted by atomic mass is 10.1. The Balaban J connectivity index is 2.17. The average molecular weight is 313 g/mol. The lowest BCUT2D eigenvalue weighted by molar-refractivity contribution is 0.410. The molecule has 20 heavy (non-hydrogen) atoms. The van der Waals surface area contributed by atoms with E-state index >= 15 is 0 Å². The van der Waals surface area contributed by atoms with Gasteiger partial charge >= 0.3 is 0 Å². The smallest absolute Gasteiger partial charge is 0.141 e. The Labute approximate surface area is 129 Å². The fourth-order valence-electron chi connectivity index (χ4n) is 1.73. The van der Waals surface area contributed by atoms with Crippen molar-refractivity contribution in [3.63, 3.8) is 0 Å². The van der Waals surface area contributed by atoms with Gasteiger partial charge < -0.3 is 5.32 Å². The maximum atomic E-state index is 6.19. The zero-order chi connectivity index (χ0) is 14.8. The summed E-state index contributed by atoms with van der Waals surface area (Å²) in [5.74, 6) is 0.857. The topological polar surface area (TPSA) is 42.7 Å². The standard InChI is InChI=1S/C14H18Cl2N4/c1-14(2,3)18-7-13-17-9-19-20(13)8-10-11(15)5-4-6-12(10)16/h4-6,9,18H,7-8H2,1-3H3. The number of hydrogen-bond donors (Lipinski definition) is 1. The first-order valence-corrected chi connectivity index (χ1v) is 7.17. The molecule has 1 heterocycles. The minimum absolute atomic E-state index is 0.0266. The second-order valence-corrected chi connectivity index (χ2v) is 6.45. The number of halogens is 2. The summed E-state index contributed by atoms with van der Waals surface area (Å²) in [7, 11) is 0. The molecule has 0 amide bonds. The predicted octanol–water partition coefficient (Wildman–Crippen LogP) is 3.52. The first-order valence-electron chi connectivity index (χ1n) is 6.41. The van der Waals surface area contributed by atoms with Gasteiger partial charge in [0.25, 0.3) is 0 Å². The molecule has 4 nitrogen and oxygen atoms in total. The van der Waals surface area contributed by atoms with Crippen molar-refractivity contribution in [2.75, 3.05) is 0 Å². The van der Waals surface area contributed by atoms with Crippen molar-refractivity contribution in [3.8, 4) is 0 Å². The van der Waals surface area contributed by atoms with Crippen molar-refractivity contribution in [1.82, 2.24) is 20.1 Å². The molecule has 0 saturated carbocycles. The number of nitrogens with zero attached hydrogens (tertiary/aromatic N) is 3. The summed E-state index contributed by atoms with van der Waals surface area (Å²) in [6.45, 7) is 7.49. The summed E-state index contributed by atoms with van der Waals surface area (Å²) < 4.78 is 1.81. The van der Waals surface area contributed by atoms with Crippen LogP contribution >= 0.6 is 23.2 Å². The quantitative estimate of drug-likeness (QED) is 0.939. The molecule has 2 aromatic rings. The van der Waals surface area contributed by atoms with E-state index in [2.05, 4.69) is 36.2 Å². The van der Waals surface area contributed by atoms with Gasteiger partial charge in [-0.1, -0.05) is 29.3 Å². The molecule has 0 bridgehead atoms. The molecule has 0 aliphatic rings. The molecule has 0 atom stereocenters. The highest BCUT2D eigenvalue weighted by Gasteiger charge is 2.13. The van der Waals surface area contributed by atoms with Crippen LogP contribution in [-0.2, 0) is 13.1 Å². The second-order valence-electron chi connectivity index (χ2n) is 5.64. The Kier molecular flexibility index (Phi) is 4.68. The van der Waals surface area contributed by atoms with Crippen molar-refractivity contribution in [3.05, 3.63) is 46.0 Å². The minimum atomic E-state index is 0.0266. The lowest BCUT2D eigenvalue weighted by Gasteiger charge is -2.20. The van der Waals surface area contributed by atoms with Gasteiger partial charge in [-0.15, -0.1) is 0 Å². The Morgan fingerprint density at radius 3 is 2.45 bits per heavy atom. The first-order chi connectivity index (χ1) is 9.37. The maximum Gasteiger partial charge on any atom is 0.141 e. The van der Waals surface area contributed by atoms with Crippen molar-refractivity contribution >= 4 is 23.2 Å². The van der Waals surface area contributed by atoms with Crippen LogP contribution in [0.1, 0.15) is 32.2 Å². The summed E-state index contributed by atoms with van der Waals surface area (Å²) >= 11 is 12.4. The molecule has 0 radical (unpaired) electrons. The maximum absolute atomic E-state index is 6.19. The van der Waals surface area contributed by atoms with Gasteiger partial charge in [-0.3, -0.25) is 0 Å². The van der Waals surface area contributed by atoms with Crippen LogP contribution in [0, 0.1) is 0 Å². The molecule has 0 saturated heterocycles. The van der Waals surface area contributed by atoms with Crippen LogP contribution in [0.15, 0.2) is 24.5 Å². The molecule has 0 fully saturated rings. The SMILES string of the molecule is CC(C)(C)NCc1ncnn1Cc1c(Cl)cccc1Cl. The van der Waals surface area contributed by atoms with Gasteiger partial charge in [-0.2, -0.15) is 5.10 Å². The Hall–Kier alpha value is -1.10. The van der Waals surface area contributed by atoms with Crippen LogP contribution < -0.4 is 5.32 Å². The first kappa shape index (κ1) is 15.3. The van der Waals surface area contributed by atoms with Gasteiger partial charge in [0.15, 0.2) is 0 Å². The van der Waals surface area contributed by atoms with Crippen LogP contribution in [0.5, 0.6) is 0 Å². The van der Waals surface area contributed by atoms with Gasteiger partial charge in [0.05, 0.1) is 13.1 Å². The van der Waals surface area contributed by atoms with Crippen molar-refractivity contribution in [2.24, 2.45) is 0 Å². The van der Waals surface area contributed by atoms with Gasteiger partial charge in [-0.25, -0.2) is 9.67 Å². The molecular weight excluding hydrogens is 295 g/mol. The number of benzene rings is 1. The van der Waals surface area contributed by atoms with E-state index in [-0.39, 0.29) is 5.54 Å². The van der Waals surface area contributed by atoms with E-state index in [1.807, 2.05) is 22.9 Å². The third-order valence-electron chi connectivity index (χ3n) is 2.84. The third-order valence-corrected chi connectivity index (χ3v) is 3.55. The lowest BCUT2D eigenvalue weighted by Crippen LogP contribution is -2.36. The van der Waals surface area contributed by atoms with Gasteiger partial charge in [0.2, 0.25) is 0 Å². The number of aromatic nitrogens is 3. The fraction of sp³-hybridized carbons (Fsp3) is 0.429. The minimum Gasteiger partial charge on any atom is -0.305 e. The summed E-state index contributed by atoms with van der Waals surface area (Å²) in [6.07, 6.45) is 1.55. The Morgan fingerprint density at radius 1 is 1.20 bits per heavy atom. The van der Waals surface area contributed by atoms with E-state index in [1.54, 1.807) is 6.33 Å². The van der Waals surface area contributed by atoms with Gasteiger partial charge in [0.1, 0.15) is 12.2 Å². The number of nitrogens with one attached hydrogen (secondary N) is 1. The normalized spacial score (nSPS) is 11.8. The monoisotopic (exact) mass is 312 g/mol. The van der Waals surface area contributed by atoms with E-state index < -0.39 is 0 Å². The summed E-state index contributed by atoms with van der Waals surface area (Å²) in [5.41, 5.74) is 0.886. The van der Waals surface area contributed by atoms with Gasteiger partial charge in [0, 0.05) is 21.1 Å². The summed E-state index contributed by atoms with van der Waals surface area (Å²) in [6, 6.07) is 5.48. The van der Waals surface area contributed by atoms with E-state index in [4.69, 9.17) is 23.2 Å².